The zero-order chi connectivity index (χ0) is 77.4. The Labute approximate surface area is 644 Å². The molecule has 610 valence electrons. The monoisotopic (exact) mass is 1530 g/mol. The van der Waals surface area contributed by atoms with Gasteiger partial charge in [0.05, 0.1) is 26.4 Å². The van der Waals surface area contributed by atoms with Crippen molar-refractivity contribution >= 4 is 39.5 Å². The second-order valence-corrected chi connectivity index (χ2v) is 30.6. The van der Waals surface area contributed by atoms with Crippen molar-refractivity contribution in [2.75, 3.05) is 39.6 Å². The average molecular weight is 1530 g/mol. The van der Waals surface area contributed by atoms with E-state index >= 15 is 0 Å². The Morgan fingerprint density at radius 1 is 0.274 bits per heavy atom. The molecule has 0 heterocycles. The predicted molar refractivity (Wildman–Crippen MR) is 436 cm³/mol. The third-order valence-electron chi connectivity index (χ3n) is 17.4. The highest BCUT2D eigenvalue weighted by atomic mass is 31.2. The molecule has 0 aliphatic heterocycles. The van der Waals surface area contributed by atoms with Gasteiger partial charge in [-0.3, -0.25) is 37.3 Å². The number of aliphatic hydroxyl groups excluding tert-OH is 1. The molecule has 5 unspecified atom stereocenters. The van der Waals surface area contributed by atoms with Crippen molar-refractivity contribution in [2.24, 2.45) is 0 Å². The molecule has 0 saturated carbocycles. The lowest BCUT2D eigenvalue weighted by atomic mass is 10.1. The second kappa shape index (κ2) is 78.6. The zero-order valence-electron chi connectivity index (χ0n) is 66.8. The van der Waals surface area contributed by atoms with Gasteiger partial charge in [0.15, 0.2) is 12.2 Å². The molecular weight excluding hydrogens is 1380 g/mol. The highest BCUT2D eigenvalue weighted by Gasteiger charge is 2.30. The van der Waals surface area contributed by atoms with Crippen LogP contribution in [0.2, 0.25) is 0 Å². The third kappa shape index (κ3) is 77.6. The maximum absolute atomic E-state index is 13.1. The fraction of sp³-hybridized carbons (Fsp3) is 0.724. The number of carbonyl (C=O) groups excluding carboxylic acids is 4. The summed E-state index contributed by atoms with van der Waals surface area (Å²) in [5, 5.41) is 10.7. The molecule has 0 spiro atoms. The molecule has 0 aromatic rings. The average Bonchev–Trinajstić information content (AvgIpc) is 0.902. The Hall–Kier alpha value is -4.54. The SMILES string of the molecule is CC/C=C\C/C=C\C/C=C\C/C=C\CCCCCCCCC(=O)OCC(COP(=O)(O)OCC(O)COP(=O)(O)OCC(COC(=O)CCCCCCC/C=C\C/C=C\CCCCC)OC(=O)CCCCCCC/C=C\CCCCCCCC)OC(=O)CCCCCCCCC/C=C\C/C=C\C/C=C\CC. The van der Waals surface area contributed by atoms with Gasteiger partial charge >= 0.3 is 39.5 Å². The molecule has 17 nitrogen and oxygen atoms in total. The van der Waals surface area contributed by atoms with Crippen LogP contribution in [0.1, 0.15) is 349 Å². The first kappa shape index (κ1) is 101. The van der Waals surface area contributed by atoms with Gasteiger partial charge in [-0.15, -0.1) is 0 Å². The number of allylic oxidation sites excluding steroid dienone is 20. The highest BCUT2D eigenvalue weighted by molar-refractivity contribution is 7.47. The second-order valence-electron chi connectivity index (χ2n) is 27.6. The lowest BCUT2D eigenvalue weighted by Gasteiger charge is -2.21. The first-order valence-electron chi connectivity index (χ1n) is 41.8. The lowest BCUT2D eigenvalue weighted by Crippen LogP contribution is -2.30. The molecular formula is C87H150O17P2. The van der Waals surface area contributed by atoms with Crippen molar-refractivity contribution < 1.29 is 80.2 Å². The minimum atomic E-state index is -4.99. The molecule has 0 bridgehead atoms. The predicted octanol–water partition coefficient (Wildman–Crippen LogP) is 24.7. The fourth-order valence-corrected chi connectivity index (χ4v) is 12.7. The molecule has 0 aliphatic carbocycles. The highest BCUT2D eigenvalue weighted by Crippen LogP contribution is 2.45. The summed E-state index contributed by atoms with van der Waals surface area (Å²) in [7, 11) is -9.98. The number of rotatable bonds is 78. The van der Waals surface area contributed by atoms with Crippen molar-refractivity contribution in [3.05, 3.63) is 122 Å². The van der Waals surface area contributed by atoms with Crippen LogP contribution in [0.15, 0.2) is 122 Å². The summed E-state index contributed by atoms with van der Waals surface area (Å²) in [6.45, 7) is 4.61. The zero-order valence-corrected chi connectivity index (χ0v) is 68.6. The lowest BCUT2D eigenvalue weighted by molar-refractivity contribution is -0.161. The Kier molecular flexibility index (Phi) is 75.2. The largest absolute Gasteiger partial charge is 0.472 e. The third-order valence-corrected chi connectivity index (χ3v) is 19.3. The van der Waals surface area contributed by atoms with E-state index in [1.807, 2.05) is 0 Å². The van der Waals surface area contributed by atoms with E-state index in [4.69, 9.17) is 37.0 Å². The number of ether oxygens (including phenoxy) is 4. The smallest absolute Gasteiger partial charge is 0.462 e. The number of hydrogen-bond acceptors (Lipinski definition) is 15. The summed E-state index contributed by atoms with van der Waals surface area (Å²) in [4.78, 5) is 73.2. The van der Waals surface area contributed by atoms with E-state index in [0.29, 0.717) is 25.7 Å². The molecule has 19 heteroatoms. The van der Waals surface area contributed by atoms with Gasteiger partial charge in [0.1, 0.15) is 19.3 Å². The minimum absolute atomic E-state index is 0.0779. The molecule has 0 radical (unpaired) electrons. The van der Waals surface area contributed by atoms with Crippen molar-refractivity contribution in [3.8, 4) is 0 Å². The van der Waals surface area contributed by atoms with Gasteiger partial charge in [0.2, 0.25) is 0 Å². The maximum Gasteiger partial charge on any atom is 0.472 e. The van der Waals surface area contributed by atoms with Gasteiger partial charge in [-0.25, -0.2) is 9.13 Å². The number of esters is 4. The van der Waals surface area contributed by atoms with E-state index in [9.17, 15) is 43.2 Å². The van der Waals surface area contributed by atoms with Crippen LogP contribution in [0.3, 0.4) is 0 Å². The first-order chi connectivity index (χ1) is 51.7. The van der Waals surface area contributed by atoms with E-state index in [1.54, 1.807) is 0 Å². The van der Waals surface area contributed by atoms with Crippen LogP contribution in [0.5, 0.6) is 0 Å². The number of phosphoric ester groups is 2. The summed E-state index contributed by atoms with van der Waals surface area (Å²) in [5.74, 6) is -2.21. The Morgan fingerprint density at radius 3 is 0.783 bits per heavy atom. The summed E-state index contributed by atoms with van der Waals surface area (Å²) < 4.78 is 68.7. The normalized spacial score (nSPS) is 14.4. The Balaban J connectivity index is 5.40. The summed E-state index contributed by atoms with van der Waals surface area (Å²) in [5.41, 5.74) is 0. The van der Waals surface area contributed by atoms with E-state index in [1.165, 1.54) is 57.8 Å². The van der Waals surface area contributed by atoms with Crippen LogP contribution in [-0.4, -0.2) is 96.7 Å². The fourth-order valence-electron chi connectivity index (χ4n) is 11.1. The molecule has 0 aliphatic rings. The maximum atomic E-state index is 13.1. The van der Waals surface area contributed by atoms with Gasteiger partial charge in [-0.1, -0.05) is 290 Å². The van der Waals surface area contributed by atoms with Gasteiger partial charge < -0.3 is 33.8 Å². The van der Waals surface area contributed by atoms with E-state index in [0.717, 1.165) is 212 Å². The van der Waals surface area contributed by atoms with E-state index < -0.39 is 97.5 Å². The van der Waals surface area contributed by atoms with Crippen molar-refractivity contribution in [3.63, 3.8) is 0 Å². The number of carbonyl (C=O) groups is 4. The molecule has 5 atom stereocenters. The van der Waals surface area contributed by atoms with Crippen LogP contribution in [0, 0.1) is 0 Å². The molecule has 0 aromatic heterocycles. The number of phosphoric acid groups is 2. The molecule has 106 heavy (non-hydrogen) atoms. The van der Waals surface area contributed by atoms with E-state index in [-0.39, 0.29) is 25.7 Å². The summed E-state index contributed by atoms with van der Waals surface area (Å²) in [6.07, 6.45) is 87.3. The van der Waals surface area contributed by atoms with Crippen LogP contribution >= 0.6 is 15.6 Å². The molecule has 0 fully saturated rings. The molecule has 3 N–H and O–H groups in total. The van der Waals surface area contributed by atoms with Gasteiger partial charge in [-0.05, 0) is 154 Å². The summed E-state index contributed by atoms with van der Waals surface area (Å²) in [6, 6.07) is 0. The quantitative estimate of drug-likeness (QED) is 0.0169. The number of hydrogen-bond donors (Lipinski definition) is 3. The van der Waals surface area contributed by atoms with Crippen LogP contribution in [-0.2, 0) is 65.4 Å². The van der Waals surface area contributed by atoms with Gasteiger partial charge in [-0.2, -0.15) is 0 Å². The molecule has 0 saturated heterocycles. The van der Waals surface area contributed by atoms with Crippen LogP contribution < -0.4 is 0 Å². The van der Waals surface area contributed by atoms with E-state index in [2.05, 4.69) is 149 Å². The van der Waals surface area contributed by atoms with Gasteiger partial charge in [0.25, 0.3) is 0 Å². The topological polar surface area (TPSA) is 237 Å². The number of aliphatic hydroxyl groups is 1. The van der Waals surface area contributed by atoms with Crippen molar-refractivity contribution in [1.82, 2.24) is 0 Å². The van der Waals surface area contributed by atoms with Crippen molar-refractivity contribution in [1.29, 1.82) is 0 Å². The van der Waals surface area contributed by atoms with Gasteiger partial charge in [0, 0.05) is 25.7 Å². The Bertz CT molecular complexity index is 2480. The standard InChI is InChI=1S/C87H150O17P2/c1-5-9-13-17-21-25-29-33-37-39-40-42-45-48-52-56-60-64-68-72-85(90)98-78-83(104-87(92)74-70-66-62-58-54-50-46-41-38-34-30-26-22-18-14-10-6-2)80-102-106(95,96)100-76-81(88)75-99-105(93,94)101-79-82(103-86(91)73-69-65-61-57-53-49-44-36-32-28-24-20-16-12-8-4)77-97-84(89)71-67-63-59-55-51-47-43-35-31-27-23-19-15-11-7-3/h9-10,13-14,21-23,25-27,33-38,40,42-44,81-83,88H,5-8,11-12,15-20,24,28-32,39,41,45-80H2,1-4H3,(H,93,94)(H,95,96)/b13-9-,14-10-,25-21-,26-22-,27-23-,37-33-,38-34-,42-40-,43-35-,44-36-. The van der Waals surface area contributed by atoms with Crippen molar-refractivity contribution in [2.45, 2.75) is 367 Å². The minimum Gasteiger partial charge on any atom is -0.462 e. The molecule has 0 aromatic carbocycles. The molecule has 0 amide bonds. The van der Waals surface area contributed by atoms with Crippen LogP contribution in [0.25, 0.3) is 0 Å². The molecule has 0 rings (SSSR count). The Morgan fingerprint density at radius 2 is 0.491 bits per heavy atom. The first-order valence-corrected chi connectivity index (χ1v) is 44.8. The summed E-state index contributed by atoms with van der Waals surface area (Å²) >= 11 is 0. The van der Waals surface area contributed by atoms with Crippen LogP contribution in [0.4, 0.5) is 0 Å². The number of unbranched alkanes of at least 4 members (excludes halogenated alkanes) is 32.